The molecule has 1 atom stereocenters. The Balaban J connectivity index is 2.01. The third-order valence-corrected chi connectivity index (χ3v) is 4.08. The largest absolute Gasteiger partial charge is 0.493 e. The predicted molar refractivity (Wildman–Crippen MR) is 85.1 cm³/mol. The lowest BCUT2D eigenvalue weighted by Gasteiger charge is -2.39. The van der Waals surface area contributed by atoms with E-state index in [1.54, 1.807) is 0 Å². The van der Waals surface area contributed by atoms with Gasteiger partial charge in [-0.25, -0.2) is 4.79 Å². The number of carbonyl (C=O) groups is 1. The molecule has 4 heteroatoms. The summed E-state index contributed by atoms with van der Waals surface area (Å²) in [5.41, 5.74) is 2.77. The van der Waals surface area contributed by atoms with Crippen LogP contribution < -0.4 is 10.1 Å². The number of benzene rings is 2. The fourth-order valence-corrected chi connectivity index (χ4v) is 2.87. The van der Waals surface area contributed by atoms with Crippen LogP contribution in [0.4, 0.5) is 4.79 Å². The van der Waals surface area contributed by atoms with Crippen molar-refractivity contribution in [2.24, 2.45) is 5.41 Å². The highest BCUT2D eigenvalue weighted by molar-refractivity contribution is 5.68. The summed E-state index contributed by atoms with van der Waals surface area (Å²) in [6, 6.07) is 15.7. The second-order valence-electron chi connectivity index (χ2n) is 6.28. The molecule has 2 aromatic carbocycles. The first-order valence-corrected chi connectivity index (χ1v) is 7.29. The molecule has 3 rings (SSSR count). The zero-order valence-corrected chi connectivity index (χ0v) is 12.7. The average molecular weight is 297 g/mol. The van der Waals surface area contributed by atoms with E-state index in [9.17, 15) is 4.79 Å². The molecule has 0 spiro atoms. The van der Waals surface area contributed by atoms with E-state index < -0.39 is 6.09 Å². The van der Waals surface area contributed by atoms with Gasteiger partial charge in [-0.2, -0.15) is 0 Å². The highest BCUT2D eigenvalue weighted by Crippen LogP contribution is 2.44. The first kappa shape index (κ1) is 14.4. The van der Waals surface area contributed by atoms with E-state index in [4.69, 9.17) is 9.84 Å². The second kappa shape index (κ2) is 5.37. The first-order chi connectivity index (χ1) is 10.5. The molecule has 2 aromatic rings. The minimum Gasteiger partial charge on any atom is -0.493 e. The minimum absolute atomic E-state index is 0.279. The van der Waals surface area contributed by atoms with Crippen LogP contribution in [0.3, 0.4) is 0 Å². The topological polar surface area (TPSA) is 58.6 Å². The lowest BCUT2D eigenvalue weighted by Crippen LogP contribution is -2.43. The average Bonchev–Trinajstić information content (AvgIpc) is 2.50. The Morgan fingerprint density at radius 1 is 1.18 bits per heavy atom. The molecule has 0 saturated heterocycles. The molecule has 0 bridgehead atoms. The molecule has 22 heavy (non-hydrogen) atoms. The number of rotatable bonds is 2. The summed E-state index contributed by atoms with van der Waals surface area (Å²) in [6.07, 6.45) is -1.02. The van der Waals surface area contributed by atoms with E-state index in [1.807, 2.05) is 62.4 Å². The van der Waals surface area contributed by atoms with Crippen molar-refractivity contribution < 1.29 is 14.6 Å². The van der Waals surface area contributed by atoms with Gasteiger partial charge in [-0.3, -0.25) is 0 Å². The quantitative estimate of drug-likeness (QED) is 0.878. The Morgan fingerprint density at radius 3 is 2.59 bits per heavy atom. The molecular formula is C18H19NO3. The van der Waals surface area contributed by atoms with Crippen molar-refractivity contribution in [3.63, 3.8) is 0 Å². The van der Waals surface area contributed by atoms with Crippen molar-refractivity contribution in [2.45, 2.75) is 19.9 Å². The second-order valence-corrected chi connectivity index (χ2v) is 6.28. The monoisotopic (exact) mass is 297 g/mol. The maximum atomic E-state index is 11.1. The smallest absolute Gasteiger partial charge is 0.405 e. The van der Waals surface area contributed by atoms with Crippen molar-refractivity contribution in [3.05, 3.63) is 54.1 Å². The van der Waals surface area contributed by atoms with Gasteiger partial charge < -0.3 is 15.2 Å². The van der Waals surface area contributed by atoms with Gasteiger partial charge in [-0.1, -0.05) is 56.3 Å². The Labute approximate surface area is 129 Å². The van der Waals surface area contributed by atoms with E-state index >= 15 is 0 Å². The number of hydrogen-bond acceptors (Lipinski definition) is 2. The van der Waals surface area contributed by atoms with Gasteiger partial charge in [0.25, 0.3) is 0 Å². The van der Waals surface area contributed by atoms with Gasteiger partial charge in [0.1, 0.15) is 5.75 Å². The molecule has 0 radical (unpaired) electrons. The minimum atomic E-state index is -1.02. The van der Waals surface area contributed by atoms with Gasteiger partial charge in [0.15, 0.2) is 0 Å². The van der Waals surface area contributed by atoms with Crippen molar-refractivity contribution >= 4 is 6.09 Å². The van der Waals surface area contributed by atoms with E-state index in [0.29, 0.717) is 6.61 Å². The summed E-state index contributed by atoms with van der Waals surface area (Å²) in [4.78, 5) is 11.1. The number of amides is 1. The summed E-state index contributed by atoms with van der Waals surface area (Å²) in [5.74, 6) is 0.749. The van der Waals surface area contributed by atoms with Gasteiger partial charge >= 0.3 is 6.09 Å². The Morgan fingerprint density at radius 2 is 1.91 bits per heavy atom. The van der Waals surface area contributed by atoms with Crippen LogP contribution in [-0.4, -0.2) is 17.8 Å². The van der Waals surface area contributed by atoms with Gasteiger partial charge in [0.2, 0.25) is 0 Å². The van der Waals surface area contributed by atoms with Crippen molar-refractivity contribution in [1.29, 1.82) is 0 Å². The zero-order chi connectivity index (χ0) is 15.7. The molecule has 1 aliphatic heterocycles. The van der Waals surface area contributed by atoms with E-state index in [-0.39, 0.29) is 11.5 Å². The predicted octanol–water partition coefficient (Wildman–Crippen LogP) is 4.08. The molecule has 2 N–H and O–H groups in total. The van der Waals surface area contributed by atoms with Crippen molar-refractivity contribution in [2.75, 3.05) is 6.61 Å². The Hall–Kier alpha value is -2.49. The fraction of sp³-hybridized carbons (Fsp3) is 0.278. The van der Waals surface area contributed by atoms with Crippen LogP contribution in [0.2, 0.25) is 0 Å². The van der Waals surface area contributed by atoms with Gasteiger partial charge in [0.05, 0.1) is 12.6 Å². The molecule has 4 nitrogen and oxygen atoms in total. The normalized spacial score (nSPS) is 18.9. The third-order valence-electron chi connectivity index (χ3n) is 4.08. The number of ether oxygens (including phenoxy) is 1. The summed E-state index contributed by atoms with van der Waals surface area (Å²) in [7, 11) is 0. The van der Waals surface area contributed by atoms with E-state index in [1.165, 1.54) is 0 Å². The van der Waals surface area contributed by atoms with Crippen molar-refractivity contribution in [3.8, 4) is 16.9 Å². The van der Waals surface area contributed by atoms with E-state index in [2.05, 4.69) is 5.32 Å². The Bertz CT molecular complexity index is 695. The van der Waals surface area contributed by atoms with Crippen LogP contribution >= 0.6 is 0 Å². The summed E-state index contributed by atoms with van der Waals surface area (Å²) in [6.45, 7) is 4.48. The van der Waals surface area contributed by atoms with Crippen LogP contribution in [0, 0.1) is 5.41 Å². The molecular weight excluding hydrogens is 278 g/mol. The summed E-state index contributed by atoms with van der Waals surface area (Å²) in [5, 5.41) is 11.7. The lowest BCUT2D eigenvalue weighted by molar-refractivity contribution is 0.0996. The molecule has 0 fully saturated rings. The molecule has 0 aliphatic carbocycles. The van der Waals surface area contributed by atoms with Gasteiger partial charge in [-0.05, 0) is 17.2 Å². The van der Waals surface area contributed by atoms with Gasteiger partial charge in [0, 0.05) is 11.0 Å². The highest BCUT2D eigenvalue weighted by atomic mass is 16.5. The molecule has 0 saturated carbocycles. The molecule has 0 aromatic heterocycles. The molecule has 1 amide bonds. The maximum absolute atomic E-state index is 11.1. The molecule has 1 aliphatic rings. The summed E-state index contributed by atoms with van der Waals surface area (Å²) >= 11 is 0. The number of hydrogen-bond donors (Lipinski definition) is 2. The van der Waals surface area contributed by atoms with Crippen molar-refractivity contribution in [1.82, 2.24) is 5.32 Å². The molecule has 1 unspecified atom stereocenters. The van der Waals surface area contributed by atoms with Crippen LogP contribution in [0.5, 0.6) is 5.75 Å². The number of fused-ring (bicyclic) bond motifs is 1. The molecule has 1 heterocycles. The summed E-state index contributed by atoms with van der Waals surface area (Å²) < 4.78 is 5.88. The fourth-order valence-electron chi connectivity index (χ4n) is 2.87. The van der Waals surface area contributed by atoms with Crippen LogP contribution in [0.1, 0.15) is 25.5 Å². The Kier molecular flexibility index (Phi) is 3.53. The van der Waals surface area contributed by atoms with Crippen LogP contribution in [0.15, 0.2) is 48.5 Å². The molecule has 114 valence electrons. The zero-order valence-electron chi connectivity index (χ0n) is 12.7. The van der Waals surface area contributed by atoms with E-state index in [0.717, 1.165) is 22.4 Å². The number of carboxylic acid groups (broad SMARTS) is 1. The van der Waals surface area contributed by atoms with Crippen LogP contribution in [0.25, 0.3) is 11.1 Å². The third kappa shape index (κ3) is 2.64. The van der Waals surface area contributed by atoms with Gasteiger partial charge in [-0.15, -0.1) is 0 Å². The maximum Gasteiger partial charge on any atom is 0.405 e. The first-order valence-electron chi connectivity index (χ1n) is 7.29. The standard InChI is InChI=1S/C18H19NO3/c1-18(2)11-22-15-10-13(12-6-4-3-5-7-12)8-9-14(15)16(18)19-17(20)21/h3-10,16,19H,11H2,1-2H3,(H,20,21). The number of nitrogens with one attached hydrogen (secondary N) is 1. The SMILES string of the molecule is CC1(C)COc2cc(-c3ccccc3)ccc2C1NC(=O)O. The lowest BCUT2D eigenvalue weighted by atomic mass is 9.78. The van der Waals surface area contributed by atoms with Crippen LogP contribution in [-0.2, 0) is 0 Å². The highest BCUT2D eigenvalue weighted by Gasteiger charge is 2.38.